The van der Waals surface area contributed by atoms with Gasteiger partial charge in [-0.25, -0.2) is 19.6 Å². The number of amides is 1. The van der Waals surface area contributed by atoms with E-state index in [-0.39, 0.29) is 17.7 Å². The Bertz CT molecular complexity index is 1200. The molecular formula is C26H30N4O4. The minimum absolute atomic E-state index is 0.0679. The normalized spacial score (nSPS) is 14.8. The van der Waals surface area contributed by atoms with Crippen LogP contribution in [0.1, 0.15) is 44.0 Å². The number of rotatable bonds is 4. The summed E-state index contributed by atoms with van der Waals surface area (Å²) in [6.07, 6.45) is 1.21. The van der Waals surface area contributed by atoms with Crippen molar-refractivity contribution in [2.24, 2.45) is 0 Å². The fraction of sp³-hybridized carbons (Fsp3) is 0.385. The molecule has 8 heteroatoms. The van der Waals surface area contributed by atoms with E-state index in [1.54, 1.807) is 30.1 Å². The van der Waals surface area contributed by atoms with E-state index in [9.17, 15) is 14.7 Å². The maximum absolute atomic E-state index is 12.5. The SMILES string of the molecule is CN(C(=O)OC(C)(C)C)C1CCN(c2nc3cc(C(=O)O)ccc3nc2-c2ccccc2)CC1. The second kappa shape index (κ2) is 9.29. The van der Waals surface area contributed by atoms with Crippen molar-refractivity contribution in [2.75, 3.05) is 25.0 Å². The van der Waals surface area contributed by atoms with E-state index in [2.05, 4.69) is 4.90 Å². The number of aromatic carboxylic acids is 1. The molecule has 34 heavy (non-hydrogen) atoms. The van der Waals surface area contributed by atoms with Crippen molar-refractivity contribution in [3.63, 3.8) is 0 Å². The van der Waals surface area contributed by atoms with Crippen LogP contribution in [0.2, 0.25) is 0 Å². The number of ether oxygens (including phenoxy) is 1. The number of hydrogen-bond donors (Lipinski definition) is 1. The highest BCUT2D eigenvalue weighted by atomic mass is 16.6. The largest absolute Gasteiger partial charge is 0.478 e. The lowest BCUT2D eigenvalue weighted by Crippen LogP contribution is -2.47. The third-order valence-electron chi connectivity index (χ3n) is 5.93. The van der Waals surface area contributed by atoms with Crippen LogP contribution in [-0.4, -0.2) is 63.8 Å². The molecule has 1 N–H and O–H groups in total. The van der Waals surface area contributed by atoms with Crippen molar-refractivity contribution in [1.29, 1.82) is 0 Å². The Morgan fingerprint density at radius 3 is 2.32 bits per heavy atom. The van der Waals surface area contributed by atoms with E-state index in [1.165, 1.54) is 0 Å². The minimum Gasteiger partial charge on any atom is -0.478 e. The average Bonchev–Trinajstić information content (AvgIpc) is 2.82. The molecule has 1 saturated heterocycles. The summed E-state index contributed by atoms with van der Waals surface area (Å²) in [6, 6.07) is 14.7. The number of anilines is 1. The van der Waals surface area contributed by atoms with Crippen molar-refractivity contribution < 1.29 is 19.4 Å². The van der Waals surface area contributed by atoms with Crippen molar-refractivity contribution >= 4 is 28.9 Å². The topological polar surface area (TPSA) is 95.9 Å². The number of carboxylic acids is 1. The lowest BCUT2D eigenvalue weighted by atomic mass is 10.0. The molecule has 0 aliphatic carbocycles. The van der Waals surface area contributed by atoms with Gasteiger partial charge in [-0.3, -0.25) is 0 Å². The minimum atomic E-state index is -0.997. The third kappa shape index (κ3) is 5.11. The zero-order valence-corrected chi connectivity index (χ0v) is 20.0. The van der Waals surface area contributed by atoms with Gasteiger partial charge >= 0.3 is 12.1 Å². The van der Waals surface area contributed by atoms with Crippen LogP contribution < -0.4 is 4.90 Å². The van der Waals surface area contributed by atoms with Gasteiger partial charge in [-0.15, -0.1) is 0 Å². The Morgan fingerprint density at radius 2 is 1.71 bits per heavy atom. The van der Waals surface area contributed by atoms with E-state index in [0.717, 1.165) is 29.9 Å². The van der Waals surface area contributed by atoms with Crippen LogP contribution in [0.3, 0.4) is 0 Å². The molecule has 0 radical (unpaired) electrons. The first-order chi connectivity index (χ1) is 16.1. The van der Waals surface area contributed by atoms with Crippen molar-refractivity contribution in [3.05, 3.63) is 54.1 Å². The molecule has 0 bridgehead atoms. The molecule has 2 heterocycles. The zero-order chi connectivity index (χ0) is 24.5. The molecule has 1 fully saturated rings. The zero-order valence-electron chi connectivity index (χ0n) is 20.0. The molecule has 0 spiro atoms. The molecule has 8 nitrogen and oxygen atoms in total. The van der Waals surface area contributed by atoms with Gasteiger partial charge in [0.05, 0.1) is 16.6 Å². The van der Waals surface area contributed by atoms with Gasteiger partial charge in [0.15, 0.2) is 5.82 Å². The molecule has 2 aromatic carbocycles. The summed E-state index contributed by atoms with van der Waals surface area (Å²) >= 11 is 0. The summed E-state index contributed by atoms with van der Waals surface area (Å²) in [6.45, 7) is 6.97. The number of carboxylic acid groups (broad SMARTS) is 1. The van der Waals surface area contributed by atoms with Gasteiger partial charge in [0.1, 0.15) is 11.3 Å². The first-order valence-electron chi connectivity index (χ1n) is 11.4. The maximum Gasteiger partial charge on any atom is 0.410 e. The van der Waals surface area contributed by atoms with Crippen LogP contribution in [0.15, 0.2) is 48.5 Å². The average molecular weight is 463 g/mol. The Labute approximate surface area is 199 Å². The standard InChI is InChI=1S/C26H30N4O4/c1-26(2,3)34-25(33)29(4)19-12-14-30(15-13-19)23-22(17-8-6-5-7-9-17)27-20-11-10-18(24(31)32)16-21(20)28-23/h5-11,16,19H,12-15H2,1-4H3,(H,31,32). The first-order valence-corrected chi connectivity index (χ1v) is 11.4. The van der Waals surface area contributed by atoms with Crippen molar-refractivity contribution in [3.8, 4) is 11.3 Å². The summed E-state index contributed by atoms with van der Waals surface area (Å²) < 4.78 is 5.52. The fourth-order valence-corrected chi connectivity index (χ4v) is 4.14. The molecule has 0 unspecified atom stereocenters. The summed E-state index contributed by atoms with van der Waals surface area (Å²) in [5, 5.41) is 9.39. The number of benzene rings is 2. The Balaban J connectivity index is 1.63. The number of fused-ring (bicyclic) bond motifs is 1. The van der Waals surface area contributed by atoms with E-state index >= 15 is 0 Å². The molecule has 1 aliphatic rings. The molecule has 0 saturated carbocycles. The second-order valence-electron chi connectivity index (χ2n) is 9.58. The third-order valence-corrected chi connectivity index (χ3v) is 5.93. The predicted octanol–water partition coefficient (Wildman–Crippen LogP) is 4.83. The molecule has 3 aromatic rings. The van der Waals surface area contributed by atoms with Crippen molar-refractivity contribution in [2.45, 2.75) is 45.3 Å². The summed E-state index contributed by atoms with van der Waals surface area (Å²) in [5.74, 6) is -0.275. The quantitative estimate of drug-likeness (QED) is 0.593. The smallest absolute Gasteiger partial charge is 0.410 e. The van der Waals surface area contributed by atoms with Crippen LogP contribution in [0.25, 0.3) is 22.3 Å². The first kappa shape index (κ1) is 23.5. The van der Waals surface area contributed by atoms with E-state index in [1.807, 2.05) is 51.1 Å². The molecular weight excluding hydrogens is 432 g/mol. The highest BCUT2D eigenvalue weighted by Crippen LogP contribution is 2.32. The van der Waals surface area contributed by atoms with Gasteiger partial charge in [0.2, 0.25) is 0 Å². The lowest BCUT2D eigenvalue weighted by molar-refractivity contribution is 0.0200. The number of aromatic nitrogens is 2. The van der Waals surface area contributed by atoms with Gasteiger partial charge in [-0.1, -0.05) is 30.3 Å². The predicted molar refractivity (Wildman–Crippen MR) is 131 cm³/mol. The van der Waals surface area contributed by atoms with Gasteiger partial charge in [-0.2, -0.15) is 0 Å². The number of nitrogens with zero attached hydrogens (tertiary/aromatic N) is 4. The van der Waals surface area contributed by atoms with Crippen LogP contribution in [0.5, 0.6) is 0 Å². The summed E-state index contributed by atoms with van der Waals surface area (Å²) in [7, 11) is 1.78. The Hall–Kier alpha value is -3.68. The summed E-state index contributed by atoms with van der Waals surface area (Å²) in [4.78, 5) is 37.5. The second-order valence-corrected chi connectivity index (χ2v) is 9.58. The number of hydrogen-bond acceptors (Lipinski definition) is 6. The molecule has 1 aromatic heterocycles. The molecule has 178 valence electrons. The van der Waals surface area contributed by atoms with E-state index in [0.29, 0.717) is 24.1 Å². The van der Waals surface area contributed by atoms with Gasteiger partial charge in [0, 0.05) is 31.7 Å². The maximum atomic E-state index is 12.5. The molecule has 1 amide bonds. The van der Waals surface area contributed by atoms with E-state index in [4.69, 9.17) is 14.7 Å². The van der Waals surface area contributed by atoms with Gasteiger partial charge in [-0.05, 0) is 51.8 Å². The lowest BCUT2D eigenvalue weighted by Gasteiger charge is -2.38. The van der Waals surface area contributed by atoms with Crippen LogP contribution in [0, 0.1) is 0 Å². The van der Waals surface area contributed by atoms with Crippen LogP contribution in [-0.2, 0) is 4.74 Å². The molecule has 4 rings (SSSR count). The monoisotopic (exact) mass is 462 g/mol. The highest BCUT2D eigenvalue weighted by molar-refractivity contribution is 5.93. The van der Waals surface area contributed by atoms with Crippen molar-refractivity contribution in [1.82, 2.24) is 14.9 Å². The number of carbonyl (C=O) groups is 2. The van der Waals surface area contributed by atoms with Gasteiger partial charge in [0.25, 0.3) is 0 Å². The van der Waals surface area contributed by atoms with E-state index < -0.39 is 11.6 Å². The summed E-state index contributed by atoms with van der Waals surface area (Å²) in [5.41, 5.74) is 2.54. The highest BCUT2D eigenvalue weighted by Gasteiger charge is 2.30. The van der Waals surface area contributed by atoms with Gasteiger partial charge < -0.3 is 19.6 Å². The number of piperidine rings is 1. The number of carbonyl (C=O) groups excluding carboxylic acids is 1. The van der Waals surface area contributed by atoms with Crippen LogP contribution >= 0.6 is 0 Å². The molecule has 1 aliphatic heterocycles. The van der Waals surface area contributed by atoms with Crippen LogP contribution in [0.4, 0.5) is 10.6 Å². The fourth-order valence-electron chi connectivity index (χ4n) is 4.14. The Kier molecular flexibility index (Phi) is 6.41. The Morgan fingerprint density at radius 1 is 1.03 bits per heavy atom. The molecule has 0 atom stereocenters.